The Hall–Kier alpha value is -3.66. The lowest BCUT2D eigenvalue weighted by atomic mass is 9.92. The highest BCUT2D eigenvalue weighted by atomic mass is 32.1. The molecule has 0 amide bonds. The number of nitrogens with zero attached hydrogens (tertiary/aromatic N) is 5. The highest BCUT2D eigenvalue weighted by Crippen LogP contribution is 2.46. The Morgan fingerprint density at radius 1 is 1.11 bits per heavy atom. The largest absolute Gasteiger partial charge is 0.461 e. The van der Waals surface area contributed by atoms with Gasteiger partial charge < -0.3 is 21.1 Å². The number of halogens is 3. The molecule has 0 radical (unpaired) electrons. The predicted molar refractivity (Wildman–Crippen MR) is 180 cm³/mol. The Morgan fingerprint density at radius 2 is 1.83 bits per heavy atom. The van der Waals surface area contributed by atoms with Crippen molar-refractivity contribution in [1.82, 2.24) is 14.9 Å². The summed E-state index contributed by atoms with van der Waals surface area (Å²) in [7, 11) is 0.500. The second-order valence-corrected chi connectivity index (χ2v) is 12.7. The summed E-state index contributed by atoms with van der Waals surface area (Å²) in [4.78, 5) is 13.9. The number of anilines is 2. The van der Waals surface area contributed by atoms with E-state index in [-0.39, 0.29) is 39.8 Å². The van der Waals surface area contributed by atoms with Gasteiger partial charge in [-0.2, -0.15) is 15.2 Å². The number of thiophene rings is 1. The molecule has 2 fully saturated rings. The monoisotopic (exact) mass is 653 g/mol. The topological polar surface area (TPSA) is 117 Å². The van der Waals surface area contributed by atoms with E-state index in [9.17, 15) is 9.65 Å². The van der Waals surface area contributed by atoms with Gasteiger partial charge in [-0.3, -0.25) is 9.29 Å². The van der Waals surface area contributed by atoms with E-state index in [0.29, 0.717) is 71.6 Å². The summed E-state index contributed by atoms with van der Waals surface area (Å²) in [5, 5.41) is 11.0. The van der Waals surface area contributed by atoms with Crippen LogP contribution < -0.4 is 21.1 Å². The minimum Gasteiger partial charge on any atom is -0.461 e. The smallest absolute Gasteiger partial charge is 0.319 e. The number of hydrogen-bond acceptors (Lipinski definition) is 9. The Kier molecular flexibility index (Phi) is 10.2. The Balaban J connectivity index is 0.00000100. The molecule has 246 valence electrons. The molecule has 0 spiro atoms. The minimum atomic E-state index is -0.801. The number of likely N-dealkylation sites (N-methyl/N-ethyl adjacent to an activating group) is 1. The number of benzene rings is 2. The van der Waals surface area contributed by atoms with Gasteiger partial charge in [0.25, 0.3) is 0 Å². The Bertz CT molecular complexity index is 1760. The number of aryl methyl sites for hydroxylation is 1. The van der Waals surface area contributed by atoms with Crippen molar-refractivity contribution in [2.45, 2.75) is 70.9 Å². The van der Waals surface area contributed by atoms with Crippen molar-refractivity contribution in [2.24, 2.45) is 5.73 Å². The summed E-state index contributed by atoms with van der Waals surface area (Å²) in [6.45, 7) is 9.43. The number of ether oxygens (including phenoxy) is 1. The fourth-order valence-electron chi connectivity index (χ4n) is 7.52. The quantitative estimate of drug-likeness (QED) is 0.229. The lowest BCUT2D eigenvalue weighted by Crippen LogP contribution is -2.43. The Labute approximate surface area is 272 Å². The van der Waals surface area contributed by atoms with E-state index < -0.39 is 11.6 Å². The lowest BCUT2D eigenvalue weighted by molar-refractivity contribution is 0.108. The molecule has 5 heterocycles. The van der Waals surface area contributed by atoms with Gasteiger partial charge in [0.1, 0.15) is 34.8 Å². The van der Waals surface area contributed by atoms with Crippen LogP contribution in [-0.2, 0) is 6.42 Å². The third kappa shape index (κ3) is 5.42. The molecule has 0 bridgehead atoms. The van der Waals surface area contributed by atoms with E-state index in [1.807, 2.05) is 25.7 Å². The normalized spacial score (nSPS) is 18.3. The first-order chi connectivity index (χ1) is 22.4. The van der Waals surface area contributed by atoms with Crippen molar-refractivity contribution in [3.63, 3.8) is 0 Å². The van der Waals surface area contributed by atoms with Crippen molar-refractivity contribution in [2.75, 3.05) is 50.6 Å². The van der Waals surface area contributed by atoms with Crippen LogP contribution in [0.4, 0.5) is 24.0 Å². The second-order valence-electron chi connectivity index (χ2n) is 11.6. The summed E-state index contributed by atoms with van der Waals surface area (Å²) in [5.74, 6) is -1.02. The molecule has 1 atom stereocenters. The minimum absolute atomic E-state index is 0.0171. The number of nitrogen functional groups attached to an aromatic ring is 1. The summed E-state index contributed by atoms with van der Waals surface area (Å²) >= 11 is 1.23. The first-order valence-corrected chi connectivity index (χ1v) is 16.9. The molecule has 2 aromatic carbocycles. The molecule has 4 N–H and O–H groups in total. The molecule has 46 heavy (non-hydrogen) atoms. The van der Waals surface area contributed by atoms with Crippen molar-refractivity contribution in [3.05, 3.63) is 41.0 Å². The van der Waals surface area contributed by atoms with Gasteiger partial charge in [0.15, 0.2) is 5.82 Å². The maximum atomic E-state index is 16.8. The third-order valence-electron chi connectivity index (χ3n) is 9.54. The van der Waals surface area contributed by atoms with E-state index in [1.54, 1.807) is 18.2 Å². The first-order valence-electron chi connectivity index (χ1n) is 16.1. The molecule has 12 heteroatoms. The maximum absolute atomic E-state index is 16.8. The van der Waals surface area contributed by atoms with Crippen LogP contribution in [0.15, 0.2) is 18.2 Å². The average molecular weight is 654 g/mol. The van der Waals surface area contributed by atoms with Crippen LogP contribution in [0.3, 0.4) is 0 Å². The van der Waals surface area contributed by atoms with Crippen LogP contribution >= 0.6 is 11.3 Å². The average Bonchev–Trinajstić information content (AvgIpc) is 3.73. The fourth-order valence-corrected chi connectivity index (χ4v) is 8.47. The standard InChI is InChI=1S/C31H33F2N7OS.C2H6.CH3F/c1-2-40-17(14-34)8-9-19-24-27(37-30(38-29(24)40)41-16-31-10-4-12-39(31)13-5-11-31)26(33)23(25(19)32)18-6-3-7-21-22(18)20(15-35)28(36)42-21;2*1-2/h3,6-7,17H,2,4-5,8-14,16,34,36H2,1H3;1-2H3;1H3. The van der Waals surface area contributed by atoms with Gasteiger partial charge in [-0.1, -0.05) is 26.0 Å². The van der Waals surface area contributed by atoms with Gasteiger partial charge >= 0.3 is 6.01 Å². The third-order valence-corrected chi connectivity index (χ3v) is 10.5. The fraction of sp³-hybridized carbons (Fsp3) is 0.500. The number of hydrogen-bond donors (Lipinski definition) is 2. The van der Waals surface area contributed by atoms with Gasteiger partial charge in [0.05, 0.1) is 29.2 Å². The van der Waals surface area contributed by atoms with E-state index in [0.717, 1.165) is 38.8 Å². The maximum Gasteiger partial charge on any atom is 0.319 e. The lowest BCUT2D eigenvalue weighted by Gasteiger charge is -2.32. The van der Waals surface area contributed by atoms with Crippen LogP contribution in [0.25, 0.3) is 32.1 Å². The molecule has 7 rings (SSSR count). The molecule has 0 aliphatic carbocycles. The zero-order valence-corrected chi connectivity index (χ0v) is 27.7. The summed E-state index contributed by atoms with van der Waals surface area (Å²) in [5.41, 5.74) is 13.0. The molecule has 2 saturated heterocycles. The van der Waals surface area contributed by atoms with E-state index in [2.05, 4.69) is 16.0 Å². The highest BCUT2D eigenvalue weighted by molar-refractivity contribution is 7.23. The SMILES string of the molecule is CC.CCN1c2nc(OCC34CCCN3CCC4)nc3c(F)c(-c4cccc5sc(N)c(C#N)c45)c(F)c(c23)CCC1CN.CF. The zero-order chi connectivity index (χ0) is 33.2. The number of nitriles is 1. The summed E-state index contributed by atoms with van der Waals surface area (Å²) in [6.07, 6.45) is 5.26. The van der Waals surface area contributed by atoms with Crippen molar-refractivity contribution < 1.29 is 17.9 Å². The molecule has 3 aliphatic rings. The van der Waals surface area contributed by atoms with Gasteiger partial charge in [0.2, 0.25) is 0 Å². The summed E-state index contributed by atoms with van der Waals surface area (Å²) in [6, 6.07) is 7.28. The molecule has 1 unspecified atom stereocenters. The van der Waals surface area contributed by atoms with Gasteiger partial charge in [-0.25, -0.2) is 8.78 Å². The van der Waals surface area contributed by atoms with E-state index >= 15 is 8.78 Å². The molecule has 0 saturated carbocycles. The van der Waals surface area contributed by atoms with Crippen molar-refractivity contribution in [1.29, 1.82) is 5.26 Å². The predicted octanol–water partition coefficient (Wildman–Crippen LogP) is 6.96. The van der Waals surface area contributed by atoms with Crippen molar-refractivity contribution in [3.8, 4) is 23.2 Å². The van der Waals surface area contributed by atoms with Gasteiger partial charge in [0, 0.05) is 34.8 Å². The molecule has 8 nitrogen and oxygen atoms in total. The zero-order valence-electron chi connectivity index (χ0n) is 26.9. The summed E-state index contributed by atoms with van der Waals surface area (Å²) < 4.78 is 50.0. The van der Waals surface area contributed by atoms with E-state index in [4.69, 9.17) is 21.2 Å². The molecule has 2 aromatic heterocycles. The number of rotatable bonds is 6. The highest BCUT2D eigenvalue weighted by Gasteiger charge is 2.45. The number of nitrogens with two attached hydrogens (primary N) is 2. The number of alkyl halides is 1. The molecular formula is C34H42F3N7OS. The Morgan fingerprint density at radius 3 is 2.48 bits per heavy atom. The first kappa shape index (κ1) is 33.7. The molecule has 3 aliphatic heterocycles. The van der Waals surface area contributed by atoms with Crippen LogP contribution in [-0.4, -0.2) is 66.4 Å². The van der Waals surface area contributed by atoms with E-state index in [1.165, 1.54) is 11.3 Å². The second kappa shape index (κ2) is 14.0. The van der Waals surface area contributed by atoms with Crippen molar-refractivity contribution >= 4 is 43.1 Å². The van der Waals surface area contributed by atoms with Crippen LogP contribution in [0.1, 0.15) is 64.0 Å². The van der Waals surface area contributed by atoms with Crippen LogP contribution in [0, 0.1) is 23.0 Å². The number of aromatic nitrogens is 2. The van der Waals surface area contributed by atoms with Gasteiger partial charge in [-0.15, -0.1) is 11.3 Å². The number of fused-ring (bicyclic) bond motifs is 2. The van der Waals surface area contributed by atoms with Crippen LogP contribution in [0.5, 0.6) is 6.01 Å². The van der Waals surface area contributed by atoms with Crippen LogP contribution in [0.2, 0.25) is 0 Å². The molecular weight excluding hydrogens is 611 g/mol. The molecule has 4 aromatic rings. The van der Waals surface area contributed by atoms with Gasteiger partial charge in [-0.05, 0) is 70.2 Å².